The van der Waals surface area contributed by atoms with Gasteiger partial charge in [-0.3, -0.25) is 0 Å². The first kappa shape index (κ1) is 31.7. The van der Waals surface area contributed by atoms with Gasteiger partial charge in [0, 0.05) is 10.8 Å². The first-order valence-electron chi connectivity index (χ1n) is 20.2. The van der Waals surface area contributed by atoms with Crippen LogP contribution in [-0.4, -0.2) is 0 Å². The number of hydrogen-bond donors (Lipinski definition) is 0. The summed E-state index contributed by atoms with van der Waals surface area (Å²) in [5, 5.41) is 12.5. The number of furan rings is 1. The zero-order chi connectivity index (χ0) is 38.0. The number of rotatable bonds is 4. The van der Waals surface area contributed by atoms with Gasteiger partial charge in [0.1, 0.15) is 11.2 Å². The predicted octanol–water partition coefficient (Wildman–Crippen LogP) is 15.3. The number of fused-ring (bicyclic) bond motifs is 8. The number of hydrogen-bond acceptors (Lipinski definition) is 1. The molecule has 0 spiro atoms. The van der Waals surface area contributed by atoms with E-state index in [4.69, 9.17) is 4.42 Å². The highest BCUT2D eigenvalue weighted by Gasteiger charge is 2.48. The summed E-state index contributed by atoms with van der Waals surface area (Å²) >= 11 is 0. The van der Waals surface area contributed by atoms with E-state index in [-0.39, 0.29) is 0 Å². The van der Waals surface area contributed by atoms with Gasteiger partial charge in [0.15, 0.2) is 0 Å². The molecule has 0 amide bonds. The Morgan fingerprint density at radius 3 is 1.71 bits per heavy atom. The maximum Gasteiger partial charge on any atom is 0.136 e. The van der Waals surface area contributed by atoms with Gasteiger partial charge in [0.25, 0.3) is 0 Å². The quantitative estimate of drug-likeness (QED) is 0.164. The topological polar surface area (TPSA) is 13.1 Å². The van der Waals surface area contributed by atoms with Crippen molar-refractivity contribution in [2.45, 2.75) is 5.41 Å². The fraction of sp³-hybridized carbons (Fsp3) is 0.0175. The zero-order valence-corrected chi connectivity index (χ0v) is 31.5. The molecule has 1 heterocycles. The second kappa shape index (κ2) is 11.8. The van der Waals surface area contributed by atoms with E-state index in [0.717, 1.165) is 27.5 Å². The Morgan fingerprint density at radius 1 is 0.328 bits per heavy atom. The molecule has 1 aliphatic rings. The van der Waals surface area contributed by atoms with Crippen LogP contribution in [0.4, 0.5) is 0 Å². The molecular formula is C57H34O. The number of para-hydroxylation sites is 1. The maximum atomic E-state index is 6.58. The largest absolute Gasteiger partial charge is 0.456 e. The highest BCUT2D eigenvalue weighted by Crippen LogP contribution is 2.61. The zero-order valence-electron chi connectivity index (χ0n) is 31.5. The Kier molecular flexibility index (Phi) is 6.43. The van der Waals surface area contributed by atoms with Crippen molar-refractivity contribution in [2.24, 2.45) is 0 Å². The molecule has 13 rings (SSSR count). The minimum absolute atomic E-state index is 0.605. The average Bonchev–Trinajstić information content (AvgIpc) is 3.82. The van der Waals surface area contributed by atoms with Crippen LogP contribution in [0.5, 0.6) is 0 Å². The fourth-order valence-corrected chi connectivity index (χ4v) is 10.7. The summed E-state index contributed by atoms with van der Waals surface area (Å²) in [5.74, 6) is 0. The smallest absolute Gasteiger partial charge is 0.136 e. The van der Waals surface area contributed by atoms with Gasteiger partial charge in [-0.25, -0.2) is 0 Å². The molecule has 58 heavy (non-hydrogen) atoms. The first-order chi connectivity index (χ1) is 28.8. The molecule has 0 radical (unpaired) electrons. The van der Waals surface area contributed by atoms with E-state index in [1.165, 1.54) is 93.2 Å². The van der Waals surface area contributed by atoms with Gasteiger partial charge < -0.3 is 4.42 Å². The molecule has 0 aliphatic heterocycles. The summed E-state index contributed by atoms with van der Waals surface area (Å²) in [4.78, 5) is 0. The molecule has 0 N–H and O–H groups in total. The Morgan fingerprint density at radius 2 is 0.914 bits per heavy atom. The van der Waals surface area contributed by atoms with E-state index in [1.807, 2.05) is 6.07 Å². The Balaban J connectivity index is 1.22. The molecule has 12 aromatic rings. The monoisotopic (exact) mass is 734 g/mol. The van der Waals surface area contributed by atoms with Crippen molar-refractivity contribution in [3.8, 4) is 33.4 Å². The molecule has 0 saturated carbocycles. The summed E-state index contributed by atoms with van der Waals surface area (Å²) in [6, 6.07) is 76.7. The van der Waals surface area contributed by atoms with Gasteiger partial charge in [-0.05, 0) is 129 Å². The van der Waals surface area contributed by atoms with Gasteiger partial charge in [0.05, 0.1) is 5.41 Å². The summed E-state index contributed by atoms with van der Waals surface area (Å²) in [6.07, 6.45) is 0. The molecule has 0 atom stereocenters. The summed E-state index contributed by atoms with van der Waals surface area (Å²) in [7, 11) is 0. The predicted molar refractivity (Wildman–Crippen MR) is 243 cm³/mol. The molecule has 1 heteroatoms. The van der Waals surface area contributed by atoms with Gasteiger partial charge in [0.2, 0.25) is 0 Å². The lowest BCUT2D eigenvalue weighted by Crippen LogP contribution is -2.29. The summed E-state index contributed by atoms with van der Waals surface area (Å²) < 4.78 is 6.58. The highest BCUT2D eigenvalue weighted by molar-refractivity contribution is 6.25. The molecular weight excluding hydrogens is 701 g/mol. The van der Waals surface area contributed by atoms with Crippen molar-refractivity contribution < 1.29 is 4.42 Å². The van der Waals surface area contributed by atoms with Crippen LogP contribution in [0.25, 0.3) is 98.4 Å². The van der Waals surface area contributed by atoms with E-state index in [2.05, 4.69) is 200 Å². The molecule has 0 saturated heterocycles. The summed E-state index contributed by atoms with van der Waals surface area (Å²) in [5.41, 5.74) is 13.6. The second-order valence-corrected chi connectivity index (χ2v) is 15.9. The normalized spacial score (nSPS) is 13.3. The third-order valence-electron chi connectivity index (χ3n) is 13.1. The van der Waals surface area contributed by atoms with Gasteiger partial charge in [-0.15, -0.1) is 0 Å². The summed E-state index contributed by atoms with van der Waals surface area (Å²) in [6.45, 7) is 0. The van der Waals surface area contributed by atoms with Crippen molar-refractivity contribution in [1.82, 2.24) is 0 Å². The third-order valence-corrected chi connectivity index (χ3v) is 13.1. The van der Waals surface area contributed by atoms with Crippen LogP contribution in [0.1, 0.15) is 22.3 Å². The SMILES string of the molecule is c1ccc(C2(c3ccccc3)c3cc(-c4ccc5ccc6cccc7ccc4c5c67)cc(-c4ccc5c(c4)oc4ccccc45)c3-c3ccc4ccccc4c32)cc1. The average molecular weight is 735 g/mol. The van der Waals surface area contributed by atoms with Crippen LogP contribution in [0, 0.1) is 0 Å². The Hall–Kier alpha value is -7.48. The van der Waals surface area contributed by atoms with Crippen molar-refractivity contribution in [3.63, 3.8) is 0 Å². The van der Waals surface area contributed by atoms with Crippen LogP contribution in [0.2, 0.25) is 0 Å². The lowest BCUT2D eigenvalue weighted by atomic mass is 9.66. The van der Waals surface area contributed by atoms with Gasteiger partial charge >= 0.3 is 0 Å². The standard InChI is InChI=1S/C57H34O/c1-3-15-41(16-4-1)57(42-17-5-2-6-18-42)50-33-40(43-28-25-38-23-22-36-13-11-14-37-26-30-47(43)54(38)53(36)37)32-49(55(50)48-31-24-35-12-7-8-19-44(35)56(48)57)39-27-29-46-45-20-9-10-21-51(45)58-52(46)34-39/h1-34H. The molecule has 0 unspecified atom stereocenters. The van der Waals surface area contributed by atoms with E-state index in [9.17, 15) is 0 Å². The molecule has 0 bridgehead atoms. The highest BCUT2D eigenvalue weighted by atomic mass is 16.3. The van der Waals surface area contributed by atoms with Gasteiger partial charge in [-0.2, -0.15) is 0 Å². The van der Waals surface area contributed by atoms with E-state index in [1.54, 1.807) is 0 Å². The van der Waals surface area contributed by atoms with Crippen molar-refractivity contribution >= 4 is 65.0 Å². The van der Waals surface area contributed by atoms with Crippen LogP contribution >= 0.6 is 0 Å². The minimum atomic E-state index is -0.605. The first-order valence-corrected chi connectivity index (χ1v) is 20.2. The van der Waals surface area contributed by atoms with Crippen LogP contribution in [0.3, 0.4) is 0 Å². The van der Waals surface area contributed by atoms with Crippen molar-refractivity contribution in [1.29, 1.82) is 0 Å². The lowest BCUT2D eigenvalue weighted by Gasteiger charge is -2.35. The molecule has 1 aliphatic carbocycles. The lowest BCUT2D eigenvalue weighted by molar-refractivity contribution is 0.669. The van der Waals surface area contributed by atoms with Crippen LogP contribution in [0.15, 0.2) is 211 Å². The Bertz CT molecular complexity index is 3550. The molecule has 268 valence electrons. The molecule has 0 fully saturated rings. The van der Waals surface area contributed by atoms with E-state index >= 15 is 0 Å². The van der Waals surface area contributed by atoms with Crippen LogP contribution < -0.4 is 0 Å². The Labute approximate surface area is 335 Å². The minimum Gasteiger partial charge on any atom is -0.456 e. The van der Waals surface area contributed by atoms with Gasteiger partial charge in [-0.1, -0.05) is 176 Å². The maximum absolute atomic E-state index is 6.58. The second-order valence-electron chi connectivity index (χ2n) is 15.9. The molecule has 11 aromatic carbocycles. The molecule has 1 nitrogen and oxygen atoms in total. The van der Waals surface area contributed by atoms with E-state index < -0.39 is 5.41 Å². The van der Waals surface area contributed by atoms with Crippen molar-refractivity contribution in [3.05, 3.63) is 229 Å². The van der Waals surface area contributed by atoms with E-state index in [0.29, 0.717) is 0 Å². The molecule has 1 aromatic heterocycles. The fourth-order valence-electron chi connectivity index (χ4n) is 10.7. The number of benzene rings is 11. The van der Waals surface area contributed by atoms with Crippen LogP contribution in [-0.2, 0) is 5.41 Å². The van der Waals surface area contributed by atoms with Crippen molar-refractivity contribution in [2.75, 3.05) is 0 Å². The third kappa shape index (κ3) is 4.20.